The number of carbonyl (C=O) groups is 2. The first-order valence-corrected chi connectivity index (χ1v) is 24.5. The topological polar surface area (TPSA) is 52.6 Å². The van der Waals surface area contributed by atoms with Gasteiger partial charge in [-0.05, 0) is 139 Å². The maximum Gasteiger partial charge on any atom is 0.337 e. The molecule has 10 aromatic carbocycles. The molecular weight excluding hydrogens is 847 g/mol. The van der Waals surface area contributed by atoms with E-state index in [4.69, 9.17) is 9.47 Å². The van der Waals surface area contributed by atoms with Crippen LogP contribution in [0.15, 0.2) is 231 Å². The first-order chi connectivity index (χ1) is 32.5. The predicted octanol–water partition coefficient (Wildman–Crippen LogP) is 12.1. The second-order valence-electron chi connectivity index (χ2n) is 15.9. The van der Waals surface area contributed by atoms with Gasteiger partial charge in [0.1, 0.15) is 0 Å². The molecule has 0 radical (unpaired) electrons. The van der Waals surface area contributed by atoms with Crippen LogP contribution < -0.4 is 31.8 Å². The Labute approximate surface area is 387 Å². The molecule has 0 aliphatic rings. The van der Waals surface area contributed by atoms with Gasteiger partial charge in [-0.25, -0.2) is 9.59 Å². The summed E-state index contributed by atoms with van der Waals surface area (Å²) < 4.78 is 10.2. The summed E-state index contributed by atoms with van der Waals surface area (Å²) in [7, 11) is 0.510. The molecule has 10 aromatic rings. The molecule has 0 fully saturated rings. The third kappa shape index (κ3) is 8.12. The van der Waals surface area contributed by atoms with E-state index in [1.165, 1.54) is 57.2 Å². The van der Waals surface area contributed by atoms with Crippen molar-refractivity contribution in [2.45, 2.75) is 0 Å². The number of esters is 2. The SMILES string of the molecule is COC(=O)c1ccc(-c2cc(P(c3ccccc3)c3ccccc3)c(-c3c(P(c4ccccc4)c4ccccc4)cc(-c4ccc(C(=O)OC)cc4)c4ccccc34)c3ccccc23)cc1. The van der Waals surface area contributed by atoms with Crippen LogP contribution in [0.2, 0.25) is 0 Å². The van der Waals surface area contributed by atoms with Crippen molar-refractivity contribution in [3.05, 3.63) is 242 Å². The van der Waals surface area contributed by atoms with Crippen LogP contribution in [0, 0.1) is 0 Å². The van der Waals surface area contributed by atoms with Crippen molar-refractivity contribution in [3.8, 4) is 33.4 Å². The minimum Gasteiger partial charge on any atom is -0.465 e. The minimum atomic E-state index is -1.16. The molecule has 0 heterocycles. The van der Waals surface area contributed by atoms with Gasteiger partial charge < -0.3 is 9.47 Å². The third-order valence-corrected chi connectivity index (χ3v) is 17.0. The fourth-order valence-corrected chi connectivity index (χ4v) is 14.1. The van der Waals surface area contributed by atoms with Crippen molar-refractivity contribution in [2.75, 3.05) is 14.2 Å². The number of carbonyl (C=O) groups excluding carboxylic acids is 2. The molecular formula is C60H44O4P2. The highest BCUT2D eigenvalue weighted by Crippen LogP contribution is 2.49. The Morgan fingerprint density at radius 2 is 0.606 bits per heavy atom. The molecule has 0 spiro atoms. The molecule has 4 nitrogen and oxygen atoms in total. The highest BCUT2D eigenvalue weighted by atomic mass is 31.1. The monoisotopic (exact) mass is 890 g/mol. The van der Waals surface area contributed by atoms with Crippen molar-refractivity contribution >= 4 is 81.2 Å². The van der Waals surface area contributed by atoms with E-state index in [0.29, 0.717) is 11.1 Å². The fourth-order valence-electron chi connectivity index (χ4n) is 9.05. The summed E-state index contributed by atoms with van der Waals surface area (Å²) in [5, 5.41) is 11.9. The largest absolute Gasteiger partial charge is 0.465 e. The molecule has 6 heteroatoms. The van der Waals surface area contributed by atoms with Crippen LogP contribution in [0.25, 0.3) is 54.9 Å². The lowest BCUT2D eigenvalue weighted by Gasteiger charge is -2.30. The normalized spacial score (nSPS) is 11.3. The lowest BCUT2D eigenvalue weighted by atomic mass is 9.87. The number of benzene rings is 10. The smallest absolute Gasteiger partial charge is 0.337 e. The number of fused-ring (bicyclic) bond motifs is 2. The van der Waals surface area contributed by atoms with Crippen LogP contribution in [0.1, 0.15) is 20.7 Å². The van der Waals surface area contributed by atoms with Crippen LogP contribution in [0.5, 0.6) is 0 Å². The average Bonchev–Trinajstić information content (AvgIpc) is 3.39. The lowest BCUT2D eigenvalue weighted by molar-refractivity contribution is 0.0592. The number of hydrogen-bond donors (Lipinski definition) is 0. The summed E-state index contributed by atoms with van der Waals surface area (Å²) in [6.45, 7) is 0. The quantitative estimate of drug-likeness (QED) is 0.0959. The van der Waals surface area contributed by atoms with Gasteiger partial charge in [0.05, 0.1) is 25.3 Å². The molecule has 0 aliphatic carbocycles. The first-order valence-electron chi connectivity index (χ1n) is 21.8. The minimum absolute atomic E-state index is 0.366. The van der Waals surface area contributed by atoms with E-state index >= 15 is 0 Å². The summed E-state index contributed by atoms with van der Waals surface area (Å²) in [6, 6.07) is 81.7. The molecule has 66 heavy (non-hydrogen) atoms. The molecule has 0 saturated carbocycles. The van der Waals surface area contributed by atoms with Crippen molar-refractivity contribution < 1.29 is 19.1 Å². The Morgan fingerprint density at radius 1 is 0.333 bits per heavy atom. The molecule has 0 unspecified atom stereocenters. The van der Waals surface area contributed by atoms with Crippen molar-refractivity contribution in [1.82, 2.24) is 0 Å². The zero-order valence-electron chi connectivity index (χ0n) is 36.5. The number of hydrogen-bond acceptors (Lipinski definition) is 4. The number of methoxy groups -OCH3 is 2. The molecule has 0 bridgehead atoms. The molecule has 0 amide bonds. The molecule has 0 atom stereocenters. The Kier molecular flexibility index (Phi) is 12.2. The molecule has 318 valence electrons. The van der Waals surface area contributed by atoms with Gasteiger partial charge in [-0.15, -0.1) is 0 Å². The number of rotatable bonds is 11. The first kappa shape index (κ1) is 42.5. The lowest BCUT2D eigenvalue weighted by Crippen LogP contribution is -2.26. The average molecular weight is 891 g/mol. The summed E-state index contributed by atoms with van der Waals surface area (Å²) in [5.74, 6) is -0.732. The Morgan fingerprint density at radius 3 is 0.894 bits per heavy atom. The Hall–Kier alpha value is -7.48. The van der Waals surface area contributed by atoms with Gasteiger partial charge in [0.2, 0.25) is 0 Å². The maximum absolute atomic E-state index is 12.7. The third-order valence-electron chi connectivity index (χ3n) is 12.1. The van der Waals surface area contributed by atoms with Crippen molar-refractivity contribution in [2.24, 2.45) is 0 Å². The molecule has 10 rings (SSSR count). The summed E-state index contributed by atoms with van der Waals surface area (Å²) >= 11 is 0. The van der Waals surface area contributed by atoms with Gasteiger partial charge >= 0.3 is 11.9 Å². The highest BCUT2D eigenvalue weighted by Gasteiger charge is 2.30. The highest BCUT2D eigenvalue weighted by molar-refractivity contribution is 7.81. The van der Waals surface area contributed by atoms with Crippen LogP contribution in [-0.4, -0.2) is 26.2 Å². The second kappa shape index (κ2) is 18.9. The van der Waals surface area contributed by atoms with E-state index in [-0.39, 0.29) is 11.9 Å². The summed E-state index contributed by atoms with van der Waals surface area (Å²) in [5.41, 5.74) is 7.58. The number of ether oxygens (including phenoxy) is 2. The van der Waals surface area contributed by atoms with Gasteiger partial charge in [0.15, 0.2) is 0 Å². The van der Waals surface area contributed by atoms with Gasteiger partial charge in [0.25, 0.3) is 0 Å². The van der Waals surface area contributed by atoms with Gasteiger partial charge in [-0.2, -0.15) is 0 Å². The van der Waals surface area contributed by atoms with E-state index < -0.39 is 15.8 Å². The second-order valence-corrected chi connectivity index (χ2v) is 20.2. The zero-order valence-corrected chi connectivity index (χ0v) is 38.3. The van der Waals surface area contributed by atoms with Crippen molar-refractivity contribution in [1.29, 1.82) is 0 Å². The van der Waals surface area contributed by atoms with Gasteiger partial charge in [0, 0.05) is 0 Å². The standard InChI is InChI=1S/C60H44O4P2/c1-63-59(61)43-35-31-41(32-36-43)53-39-55(65(45-19-7-3-8-20-45)46-21-9-4-10-22-46)57(51-29-17-15-27-49(51)53)58-52-30-18-16-28-50(52)54(42-33-37-44(38-34-42)60(62)64-2)40-56(58)66(47-23-11-5-12-24-47)48-25-13-6-14-26-48/h3-40H,1-2H3. The van der Waals surface area contributed by atoms with E-state index in [2.05, 4.69) is 182 Å². The Bertz CT molecular complexity index is 3030. The maximum atomic E-state index is 12.7. The summed E-state index contributed by atoms with van der Waals surface area (Å²) in [4.78, 5) is 25.3. The van der Waals surface area contributed by atoms with Gasteiger partial charge in [-0.3, -0.25) is 0 Å². The molecule has 0 aromatic heterocycles. The van der Waals surface area contributed by atoms with Crippen LogP contribution >= 0.6 is 15.8 Å². The van der Waals surface area contributed by atoms with E-state index in [1.54, 1.807) is 0 Å². The van der Waals surface area contributed by atoms with E-state index in [1.807, 2.05) is 48.5 Å². The van der Waals surface area contributed by atoms with Crippen LogP contribution in [-0.2, 0) is 9.47 Å². The molecule has 0 aliphatic heterocycles. The predicted molar refractivity (Wildman–Crippen MR) is 278 cm³/mol. The fraction of sp³-hybridized carbons (Fsp3) is 0.0333. The van der Waals surface area contributed by atoms with Gasteiger partial charge in [-0.1, -0.05) is 194 Å². The molecule has 0 N–H and O–H groups in total. The van der Waals surface area contributed by atoms with E-state index in [0.717, 1.165) is 43.8 Å². The Balaban J connectivity index is 1.39. The van der Waals surface area contributed by atoms with E-state index in [9.17, 15) is 9.59 Å². The molecule has 0 saturated heterocycles. The summed E-state index contributed by atoms with van der Waals surface area (Å²) in [6.07, 6.45) is 0. The van der Waals surface area contributed by atoms with Crippen molar-refractivity contribution in [3.63, 3.8) is 0 Å². The zero-order chi connectivity index (χ0) is 45.0. The van der Waals surface area contributed by atoms with Crippen LogP contribution in [0.4, 0.5) is 0 Å². The van der Waals surface area contributed by atoms with Crippen LogP contribution in [0.3, 0.4) is 0 Å².